The van der Waals surface area contributed by atoms with Crippen LogP contribution in [-0.4, -0.2) is 10.9 Å². The van der Waals surface area contributed by atoms with Crippen LogP contribution >= 0.6 is 11.3 Å². The SMILES string of the molecule is Cc1nc(C)c(C(C)NC(=O)C(C)C)s1. The van der Waals surface area contributed by atoms with Crippen molar-refractivity contribution in [1.82, 2.24) is 10.3 Å². The maximum absolute atomic E-state index is 11.5. The molecule has 84 valence electrons. The molecule has 0 aliphatic carbocycles. The molecule has 1 aromatic heterocycles. The van der Waals surface area contributed by atoms with Gasteiger partial charge >= 0.3 is 0 Å². The molecule has 1 amide bonds. The van der Waals surface area contributed by atoms with Crippen LogP contribution < -0.4 is 5.32 Å². The molecule has 1 aromatic rings. The van der Waals surface area contributed by atoms with Crippen LogP contribution in [0.3, 0.4) is 0 Å². The molecule has 0 fully saturated rings. The summed E-state index contributed by atoms with van der Waals surface area (Å²) >= 11 is 1.65. The minimum absolute atomic E-state index is 0.0294. The van der Waals surface area contributed by atoms with E-state index in [-0.39, 0.29) is 17.9 Å². The fourth-order valence-corrected chi connectivity index (χ4v) is 2.32. The van der Waals surface area contributed by atoms with E-state index in [1.807, 2.05) is 34.6 Å². The van der Waals surface area contributed by atoms with E-state index in [4.69, 9.17) is 0 Å². The maximum atomic E-state index is 11.5. The molecule has 1 N–H and O–H groups in total. The molecule has 0 radical (unpaired) electrons. The molecular weight excluding hydrogens is 208 g/mol. The van der Waals surface area contributed by atoms with E-state index in [0.717, 1.165) is 15.6 Å². The van der Waals surface area contributed by atoms with Gasteiger partial charge in [-0.3, -0.25) is 4.79 Å². The molecule has 0 aliphatic rings. The normalized spacial score (nSPS) is 12.9. The molecule has 0 aliphatic heterocycles. The van der Waals surface area contributed by atoms with Gasteiger partial charge in [0.25, 0.3) is 0 Å². The summed E-state index contributed by atoms with van der Waals surface area (Å²) in [6.45, 7) is 9.76. The van der Waals surface area contributed by atoms with Crippen LogP contribution in [0.2, 0.25) is 0 Å². The van der Waals surface area contributed by atoms with E-state index in [2.05, 4.69) is 10.3 Å². The highest BCUT2D eigenvalue weighted by Crippen LogP contribution is 2.24. The summed E-state index contributed by atoms with van der Waals surface area (Å²) < 4.78 is 0. The van der Waals surface area contributed by atoms with Crippen LogP contribution in [0, 0.1) is 19.8 Å². The fraction of sp³-hybridized carbons (Fsp3) is 0.636. The first-order chi connectivity index (χ1) is 6.91. The van der Waals surface area contributed by atoms with E-state index >= 15 is 0 Å². The number of amides is 1. The molecule has 0 bridgehead atoms. The minimum Gasteiger partial charge on any atom is -0.348 e. The summed E-state index contributed by atoms with van der Waals surface area (Å²) in [5.74, 6) is 0.120. The predicted octanol–water partition coefficient (Wildman–Crippen LogP) is 2.59. The quantitative estimate of drug-likeness (QED) is 0.860. The minimum atomic E-state index is 0.0294. The van der Waals surface area contributed by atoms with Gasteiger partial charge in [-0.25, -0.2) is 4.98 Å². The van der Waals surface area contributed by atoms with Gasteiger partial charge in [-0.1, -0.05) is 13.8 Å². The lowest BCUT2D eigenvalue weighted by molar-refractivity contribution is -0.124. The summed E-state index contributed by atoms with van der Waals surface area (Å²) in [5.41, 5.74) is 1.02. The Kier molecular flexibility index (Phi) is 3.85. The molecule has 0 saturated carbocycles. The van der Waals surface area contributed by atoms with Crippen molar-refractivity contribution in [3.63, 3.8) is 0 Å². The maximum Gasteiger partial charge on any atom is 0.223 e. The Bertz CT molecular complexity index is 357. The molecule has 0 spiro atoms. The van der Waals surface area contributed by atoms with Gasteiger partial charge in [-0.2, -0.15) is 0 Å². The molecule has 0 saturated heterocycles. The van der Waals surface area contributed by atoms with Crippen molar-refractivity contribution in [2.45, 2.75) is 40.7 Å². The van der Waals surface area contributed by atoms with Crippen LogP contribution in [0.25, 0.3) is 0 Å². The highest BCUT2D eigenvalue weighted by atomic mass is 32.1. The molecule has 15 heavy (non-hydrogen) atoms. The molecular formula is C11H18N2OS. The molecule has 0 aromatic carbocycles. The number of carbonyl (C=O) groups is 1. The standard InChI is InChI=1S/C11H18N2OS/c1-6(2)11(14)13-8(4)10-7(3)12-9(5)15-10/h6,8H,1-5H3,(H,13,14). The zero-order valence-corrected chi connectivity index (χ0v) is 10.7. The lowest BCUT2D eigenvalue weighted by atomic mass is 10.1. The number of carbonyl (C=O) groups excluding carboxylic acids is 1. The molecule has 1 rings (SSSR count). The van der Waals surface area contributed by atoms with Crippen molar-refractivity contribution in [3.05, 3.63) is 15.6 Å². The van der Waals surface area contributed by atoms with Crippen LogP contribution in [0.4, 0.5) is 0 Å². The Morgan fingerprint density at radius 3 is 2.33 bits per heavy atom. The van der Waals surface area contributed by atoms with E-state index < -0.39 is 0 Å². The number of hydrogen-bond acceptors (Lipinski definition) is 3. The number of nitrogens with one attached hydrogen (secondary N) is 1. The van der Waals surface area contributed by atoms with Gasteiger partial charge < -0.3 is 5.32 Å². The van der Waals surface area contributed by atoms with E-state index in [0.29, 0.717) is 0 Å². The Hall–Kier alpha value is -0.900. The van der Waals surface area contributed by atoms with Crippen LogP contribution in [0.1, 0.15) is 42.4 Å². The smallest absolute Gasteiger partial charge is 0.223 e. The first-order valence-electron chi connectivity index (χ1n) is 5.16. The molecule has 1 unspecified atom stereocenters. The number of nitrogens with zero attached hydrogens (tertiary/aromatic N) is 1. The third kappa shape index (κ3) is 3.02. The van der Waals surface area contributed by atoms with E-state index in [9.17, 15) is 4.79 Å². The third-order valence-corrected chi connectivity index (χ3v) is 3.47. The average molecular weight is 226 g/mol. The first kappa shape index (κ1) is 12.2. The second-order valence-electron chi connectivity index (χ2n) is 4.07. The Morgan fingerprint density at radius 2 is 1.93 bits per heavy atom. The lowest BCUT2D eigenvalue weighted by Crippen LogP contribution is -2.30. The summed E-state index contributed by atoms with van der Waals surface area (Å²) in [7, 11) is 0. The largest absolute Gasteiger partial charge is 0.348 e. The van der Waals surface area contributed by atoms with Gasteiger partial charge in [-0.05, 0) is 20.8 Å². The van der Waals surface area contributed by atoms with Gasteiger partial charge in [0.1, 0.15) is 0 Å². The highest BCUT2D eigenvalue weighted by Gasteiger charge is 2.16. The summed E-state index contributed by atoms with van der Waals surface area (Å²) in [5, 5.41) is 4.03. The van der Waals surface area contributed by atoms with Gasteiger partial charge in [0.05, 0.1) is 16.7 Å². The number of thiazole rings is 1. The number of rotatable bonds is 3. The summed E-state index contributed by atoms with van der Waals surface area (Å²) in [6, 6.07) is 0.0612. The van der Waals surface area contributed by atoms with E-state index in [1.54, 1.807) is 11.3 Å². The third-order valence-electron chi connectivity index (χ3n) is 2.22. The molecule has 1 heterocycles. The topological polar surface area (TPSA) is 42.0 Å². The van der Waals surface area contributed by atoms with Crippen molar-refractivity contribution in [2.75, 3.05) is 0 Å². The summed E-state index contributed by atoms with van der Waals surface area (Å²) in [4.78, 5) is 17.0. The van der Waals surface area contributed by atoms with Crippen LogP contribution in [0.15, 0.2) is 0 Å². The average Bonchev–Trinajstić information content (AvgIpc) is 2.44. The predicted molar refractivity (Wildman–Crippen MR) is 63.0 cm³/mol. The molecule has 3 nitrogen and oxygen atoms in total. The monoisotopic (exact) mass is 226 g/mol. The molecule has 1 atom stereocenters. The molecule has 4 heteroatoms. The first-order valence-corrected chi connectivity index (χ1v) is 5.97. The van der Waals surface area contributed by atoms with Crippen LogP contribution in [-0.2, 0) is 4.79 Å². The zero-order valence-electron chi connectivity index (χ0n) is 9.92. The lowest BCUT2D eigenvalue weighted by Gasteiger charge is -2.14. The van der Waals surface area contributed by atoms with Gasteiger partial charge in [-0.15, -0.1) is 11.3 Å². The van der Waals surface area contributed by atoms with Gasteiger partial charge in [0, 0.05) is 10.8 Å². The second-order valence-corrected chi connectivity index (χ2v) is 5.30. The van der Waals surface area contributed by atoms with Crippen molar-refractivity contribution in [1.29, 1.82) is 0 Å². The van der Waals surface area contributed by atoms with Crippen LogP contribution in [0.5, 0.6) is 0 Å². The Labute approximate surface area is 94.9 Å². The summed E-state index contributed by atoms with van der Waals surface area (Å²) in [6.07, 6.45) is 0. The van der Waals surface area contributed by atoms with Crippen molar-refractivity contribution in [2.24, 2.45) is 5.92 Å². The van der Waals surface area contributed by atoms with Gasteiger partial charge in [0.2, 0.25) is 5.91 Å². The number of hydrogen-bond donors (Lipinski definition) is 1. The highest BCUT2D eigenvalue weighted by molar-refractivity contribution is 7.11. The second kappa shape index (κ2) is 4.75. The fourth-order valence-electron chi connectivity index (χ4n) is 1.39. The Balaban J connectivity index is 2.73. The zero-order chi connectivity index (χ0) is 11.6. The number of aryl methyl sites for hydroxylation is 2. The van der Waals surface area contributed by atoms with Crippen molar-refractivity contribution < 1.29 is 4.79 Å². The Morgan fingerprint density at radius 1 is 1.33 bits per heavy atom. The van der Waals surface area contributed by atoms with Gasteiger partial charge in [0.15, 0.2) is 0 Å². The van der Waals surface area contributed by atoms with E-state index in [1.165, 1.54) is 0 Å². The number of aromatic nitrogens is 1. The van der Waals surface area contributed by atoms with Crippen molar-refractivity contribution in [3.8, 4) is 0 Å². The van der Waals surface area contributed by atoms with Crippen molar-refractivity contribution >= 4 is 17.2 Å².